The Hall–Kier alpha value is -2.89. The molecule has 0 unspecified atom stereocenters. The van der Waals surface area contributed by atoms with Crippen molar-refractivity contribution in [2.45, 2.75) is 64.7 Å². The molecule has 6 heteroatoms. The molecule has 186 valence electrons. The molecule has 2 aromatic rings. The summed E-state index contributed by atoms with van der Waals surface area (Å²) in [6, 6.07) is 11.3. The summed E-state index contributed by atoms with van der Waals surface area (Å²) in [6.45, 7) is 6.70. The molecule has 34 heavy (non-hydrogen) atoms. The third-order valence-corrected chi connectivity index (χ3v) is 6.78. The minimum atomic E-state index is -0.305. The summed E-state index contributed by atoms with van der Waals surface area (Å²) in [5, 5.41) is 14.0. The Morgan fingerprint density at radius 3 is 2.24 bits per heavy atom. The highest BCUT2D eigenvalue weighted by Gasteiger charge is 2.25. The molecule has 0 radical (unpaired) electrons. The topological polar surface area (TPSA) is 65.0 Å². The summed E-state index contributed by atoms with van der Waals surface area (Å²) < 4.78 is 5.45. The fourth-order valence-corrected chi connectivity index (χ4v) is 4.64. The van der Waals surface area contributed by atoms with Gasteiger partial charge >= 0.3 is 6.03 Å². The highest BCUT2D eigenvalue weighted by atomic mass is 16.5. The zero-order valence-electron chi connectivity index (χ0n) is 21.6. The molecule has 0 aromatic heterocycles. The van der Waals surface area contributed by atoms with Gasteiger partial charge in [0.25, 0.3) is 0 Å². The van der Waals surface area contributed by atoms with Crippen LogP contribution in [0.2, 0.25) is 0 Å². The number of hydrogen-bond donors (Lipinski definition) is 2. The molecule has 2 aromatic carbocycles. The van der Waals surface area contributed by atoms with Gasteiger partial charge in [0, 0.05) is 43.6 Å². The molecule has 6 nitrogen and oxygen atoms in total. The van der Waals surface area contributed by atoms with E-state index in [1.54, 1.807) is 18.1 Å². The molecule has 2 amide bonds. The first-order valence-electron chi connectivity index (χ1n) is 12.4. The van der Waals surface area contributed by atoms with E-state index in [2.05, 4.69) is 5.32 Å². The summed E-state index contributed by atoms with van der Waals surface area (Å²) in [5.41, 5.74) is 2.71. The molecule has 0 saturated heterocycles. The number of carbonyl (C=O) groups excluding carboxylic acids is 1. The van der Waals surface area contributed by atoms with Crippen molar-refractivity contribution in [1.82, 2.24) is 0 Å². The normalized spacial score (nSPS) is 14.5. The van der Waals surface area contributed by atoms with E-state index in [1.165, 1.54) is 32.1 Å². The zero-order chi connectivity index (χ0) is 24.9. The van der Waals surface area contributed by atoms with Gasteiger partial charge in [-0.3, -0.25) is 4.90 Å². The van der Waals surface area contributed by atoms with Crippen LogP contribution >= 0.6 is 0 Å². The third kappa shape index (κ3) is 6.37. The number of amides is 2. The largest absolute Gasteiger partial charge is 0.505 e. The third-order valence-electron chi connectivity index (χ3n) is 6.78. The predicted molar refractivity (Wildman–Crippen MR) is 142 cm³/mol. The fourth-order valence-electron chi connectivity index (χ4n) is 4.64. The molecule has 2 N–H and O–H groups in total. The van der Waals surface area contributed by atoms with Crippen molar-refractivity contribution >= 4 is 23.1 Å². The summed E-state index contributed by atoms with van der Waals surface area (Å²) in [4.78, 5) is 17.4. The maximum absolute atomic E-state index is 13.6. The molecule has 3 rings (SSSR count). The molecule has 0 bridgehead atoms. The molecular weight excluding hydrogens is 426 g/mol. The molecule has 0 spiro atoms. The lowest BCUT2D eigenvalue weighted by atomic mass is 9.85. The van der Waals surface area contributed by atoms with Crippen LogP contribution in [0.15, 0.2) is 36.4 Å². The van der Waals surface area contributed by atoms with Crippen molar-refractivity contribution in [1.29, 1.82) is 0 Å². The van der Waals surface area contributed by atoms with E-state index in [1.807, 2.05) is 70.1 Å². The van der Waals surface area contributed by atoms with Gasteiger partial charge in [-0.15, -0.1) is 0 Å². The van der Waals surface area contributed by atoms with Crippen LogP contribution in [-0.2, 0) is 5.41 Å². The van der Waals surface area contributed by atoms with Crippen molar-refractivity contribution < 1.29 is 14.6 Å². The second-order valence-electron chi connectivity index (χ2n) is 10.6. The molecule has 0 heterocycles. The lowest BCUT2D eigenvalue weighted by molar-refractivity contribution is 0.255. The van der Waals surface area contributed by atoms with Gasteiger partial charge in [0.1, 0.15) is 11.5 Å². The number of aromatic hydroxyl groups is 1. The van der Waals surface area contributed by atoms with E-state index >= 15 is 0 Å². The van der Waals surface area contributed by atoms with E-state index in [-0.39, 0.29) is 17.2 Å². The van der Waals surface area contributed by atoms with E-state index in [9.17, 15) is 9.90 Å². The number of nitrogens with zero attached hydrogens (tertiary/aromatic N) is 2. The highest BCUT2D eigenvalue weighted by molar-refractivity contribution is 6.03. The summed E-state index contributed by atoms with van der Waals surface area (Å²) >= 11 is 0. The van der Waals surface area contributed by atoms with Gasteiger partial charge < -0.3 is 20.1 Å². The number of rotatable bonds is 7. The number of methoxy groups -OCH3 is 1. The summed E-state index contributed by atoms with van der Waals surface area (Å²) in [6.07, 6.45) is 7.32. The number of ether oxygens (including phenoxy) is 1. The van der Waals surface area contributed by atoms with Gasteiger partial charge in [-0.05, 0) is 48.1 Å². The Bertz CT molecular complexity index is 958. The SMILES string of the molecule is COc1cc(NC(=O)N(CCC2CCCCC2)c2ccc(N(C)C)cc2)c(O)c(C(C)(C)C)c1. The lowest BCUT2D eigenvalue weighted by Gasteiger charge is -2.28. The average molecular weight is 468 g/mol. The van der Waals surface area contributed by atoms with Crippen molar-refractivity contribution in [2.24, 2.45) is 5.92 Å². The standard InChI is InChI=1S/C28H41N3O3/c1-28(2,3)24-18-23(34-6)19-25(26(24)32)29-27(33)31(17-16-20-10-8-7-9-11-20)22-14-12-21(13-15-22)30(4)5/h12-15,18-20,32H,7-11,16-17H2,1-6H3,(H,29,33). The van der Waals surface area contributed by atoms with Gasteiger partial charge in [0.15, 0.2) is 0 Å². The van der Waals surface area contributed by atoms with Crippen molar-refractivity contribution in [3.8, 4) is 11.5 Å². The van der Waals surface area contributed by atoms with E-state index in [0.717, 1.165) is 23.4 Å². The zero-order valence-corrected chi connectivity index (χ0v) is 21.6. The van der Waals surface area contributed by atoms with Gasteiger partial charge in [-0.1, -0.05) is 52.9 Å². The van der Waals surface area contributed by atoms with Gasteiger partial charge in [0.2, 0.25) is 0 Å². The molecule has 1 saturated carbocycles. The van der Waals surface area contributed by atoms with Crippen LogP contribution < -0.4 is 19.9 Å². The molecule has 1 aliphatic rings. The predicted octanol–water partition coefficient (Wildman–Crippen LogP) is 6.77. The van der Waals surface area contributed by atoms with Crippen molar-refractivity contribution in [3.05, 3.63) is 42.0 Å². The van der Waals surface area contributed by atoms with Gasteiger partial charge in [0.05, 0.1) is 12.8 Å². The number of benzene rings is 2. The van der Waals surface area contributed by atoms with E-state index < -0.39 is 0 Å². The fraction of sp³-hybridized carbons (Fsp3) is 0.536. The number of hydrogen-bond acceptors (Lipinski definition) is 4. The number of carbonyl (C=O) groups is 1. The van der Waals surface area contributed by atoms with Crippen LogP contribution in [-0.4, -0.2) is 38.9 Å². The van der Waals surface area contributed by atoms with Gasteiger partial charge in [-0.2, -0.15) is 0 Å². The summed E-state index contributed by atoms with van der Waals surface area (Å²) in [7, 11) is 5.59. The number of urea groups is 1. The Morgan fingerprint density at radius 2 is 1.68 bits per heavy atom. The Balaban J connectivity index is 1.88. The van der Waals surface area contributed by atoms with Crippen LogP contribution in [0.25, 0.3) is 0 Å². The number of nitrogens with one attached hydrogen (secondary N) is 1. The number of phenolic OH excluding ortho intramolecular Hbond substituents is 1. The van der Waals surface area contributed by atoms with Crippen LogP contribution in [0.3, 0.4) is 0 Å². The minimum absolute atomic E-state index is 0.0804. The van der Waals surface area contributed by atoms with Crippen molar-refractivity contribution in [2.75, 3.05) is 42.9 Å². The monoisotopic (exact) mass is 467 g/mol. The molecule has 0 atom stereocenters. The Labute approximate surface area is 204 Å². The quantitative estimate of drug-likeness (QED) is 0.441. The molecular formula is C28H41N3O3. The van der Waals surface area contributed by atoms with Crippen LogP contribution in [0, 0.1) is 5.92 Å². The molecule has 1 fully saturated rings. The first kappa shape index (κ1) is 25.7. The summed E-state index contributed by atoms with van der Waals surface area (Å²) in [5.74, 6) is 1.33. The first-order valence-corrected chi connectivity index (χ1v) is 12.4. The molecule has 1 aliphatic carbocycles. The second-order valence-corrected chi connectivity index (χ2v) is 10.6. The first-order chi connectivity index (χ1) is 16.1. The van der Waals surface area contributed by atoms with Crippen LogP contribution in [0.4, 0.5) is 21.9 Å². The smallest absolute Gasteiger partial charge is 0.326 e. The average Bonchev–Trinajstić information content (AvgIpc) is 2.80. The van der Waals surface area contributed by atoms with Crippen molar-refractivity contribution in [3.63, 3.8) is 0 Å². The maximum atomic E-state index is 13.6. The minimum Gasteiger partial charge on any atom is -0.505 e. The maximum Gasteiger partial charge on any atom is 0.326 e. The molecule has 0 aliphatic heterocycles. The second kappa shape index (κ2) is 11.0. The van der Waals surface area contributed by atoms with E-state index in [0.29, 0.717) is 23.9 Å². The lowest BCUT2D eigenvalue weighted by Crippen LogP contribution is -2.37. The Morgan fingerprint density at radius 1 is 1.06 bits per heavy atom. The van der Waals surface area contributed by atoms with Crippen LogP contribution in [0.1, 0.15) is 64.9 Å². The Kier molecular flexibility index (Phi) is 8.34. The number of anilines is 3. The van der Waals surface area contributed by atoms with E-state index in [4.69, 9.17) is 4.74 Å². The highest BCUT2D eigenvalue weighted by Crippen LogP contribution is 2.40. The van der Waals surface area contributed by atoms with Gasteiger partial charge in [-0.25, -0.2) is 4.79 Å². The van der Waals surface area contributed by atoms with Crippen LogP contribution in [0.5, 0.6) is 11.5 Å². The number of phenols is 1.